The molecule has 0 amide bonds. The normalized spacial score (nSPS) is 17.9. The molecule has 1 aliphatic rings. The van der Waals surface area contributed by atoms with Gasteiger partial charge in [-0.05, 0) is 0 Å². The summed E-state index contributed by atoms with van der Waals surface area (Å²) in [5, 5.41) is 9.52. The van der Waals surface area contributed by atoms with E-state index in [1.165, 1.54) is 23.6 Å². The molecule has 2 rings (SSSR count). The van der Waals surface area contributed by atoms with Gasteiger partial charge in [0.05, 0.1) is 0 Å². The van der Waals surface area contributed by atoms with Crippen molar-refractivity contribution < 1.29 is 5.11 Å². The van der Waals surface area contributed by atoms with Crippen LogP contribution in [0.4, 0.5) is 0 Å². The van der Waals surface area contributed by atoms with Gasteiger partial charge in [0.15, 0.2) is 0 Å². The van der Waals surface area contributed by atoms with Crippen molar-refractivity contribution in [3.8, 4) is 5.75 Å². The van der Waals surface area contributed by atoms with E-state index in [4.69, 9.17) is 0 Å². The molecule has 0 saturated heterocycles. The Balaban J connectivity index is 2.07. The molecule has 70 valence electrons. The zero-order valence-corrected chi connectivity index (χ0v) is 9.98. The number of hydrogen-bond donors (Lipinski definition) is 1. The number of aryl methyl sites for hydroxylation is 1. The molecule has 1 N–H and O–H groups in total. The van der Waals surface area contributed by atoms with Crippen molar-refractivity contribution in [3.63, 3.8) is 0 Å². The summed E-state index contributed by atoms with van der Waals surface area (Å²) in [5.41, 5.74) is 0.990. The number of benzene rings is 1. The molecule has 0 spiro atoms. The molecule has 0 heterocycles. The van der Waals surface area contributed by atoms with E-state index in [1.54, 1.807) is 0 Å². The van der Waals surface area contributed by atoms with Crippen LogP contribution in [0.25, 0.3) is 0 Å². The van der Waals surface area contributed by atoms with E-state index >= 15 is 0 Å². The molecule has 2 heteroatoms. The average Bonchev–Trinajstić information content (AvgIpc) is 2.04. The van der Waals surface area contributed by atoms with Crippen molar-refractivity contribution in [3.05, 3.63) is 23.8 Å². The van der Waals surface area contributed by atoms with Crippen LogP contribution in [-0.4, -0.2) is 20.9 Å². The van der Waals surface area contributed by atoms with E-state index in [2.05, 4.69) is 6.07 Å². The van der Waals surface area contributed by atoms with Crippen molar-refractivity contribution in [2.24, 2.45) is 0 Å². The van der Waals surface area contributed by atoms with Crippen LogP contribution in [-0.2, 0) is 0 Å². The van der Waals surface area contributed by atoms with Crippen molar-refractivity contribution >= 4 is 20.1 Å². The molecule has 1 aliphatic carbocycles. The molecule has 1 atom stereocenters. The maximum atomic E-state index is 9.52. The van der Waals surface area contributed by atoms with E-state index in [0.717, 1.165) is 10.3 Å². The molecule has 0 aliphatic heterocycles. The third kappa shape index (κ3) is 2.08. The predicted octanol–water partition coefficient (Wildman–Crippen LogP) is 1.73. The van der Waals surface area contributed by atoms with E-state index < -0.39 is 0 Å². The van der Waals surface area contributed by atoms with Gasteiger partial charge in [0, 0.05) is 0 Å². The summed E-state index contributed by atoms with van der Waals surface area (Å²) >= 11 is 0.0268. The first-order valence-corrected chi connectivity index (χ1v) is 7.08. The Bertz CT molecular complexity index is 305. The third-order valence-corrected chi connectivity index (χ3v) is 6.10. The Morgan fingerprint density at radius 3 is 2.69 bits per heavy atom. The van der Waals surface area contributed by atoms with Gasteiger partial charge in [0.1, 0.15) is 0 Å². The molecule has 1 aromatic carbocycles. The molecule has 1 nitrogen and oxygen atoms in total. The minimum absolute atomic E-state index is 0.0268. The van der Waals surface area contributed by atoms with Gasteiger partial charge in [-0.2, -0.15) is 0 Å². The van der Waals surface area contributed by atoms with E-state index in [-0.39, 0.29) is 15.8 Å². The van der Waals surface area contributed by atoms with Gasteiger partial charge in [-0.1, -0.05) is 0 Å². The number of rotatable bonds is 2. The number of aromatic hydroxyl groups is 1. The second-order valence-electron chi connectivity index (χ2n) is 3.77. The van der Waals surface area contributed by atoms with Crippen LogP contribution in [0.2, 0.25) is 4.71 Å². The fourth-order valence-electron chi connectivity index (χ4n) is 1.49. The monoisotopic (exact) mass is 238 g/mol. The molecular formula is C11H15AsO. The zero-order valence-electron chi connectivity index (χ0n) is 7.88. The van der Waals surface area contributed by atoms with Crippen LogP contribution < -0.4 is 4.35 Å². The summed E-state index contributed by atoms with van der Waals surface area (Å²) < 4.78 is 2.41. The Labute approximate surface area is 85.9 Å². The first kappa shape index (κ1) is 9.15. The Morgan fingerprint density at radius 2 is 2.15 bits per heavy atom. The van der Waals surface area contributed by atoms with Crippen LogP contribution in [0.1, 0.15) is 24.8 Å². The molecule has 0 bridgehead atoms. The fraction of sp³-hybridized carbons (Fsp3) is 0.455. The van der Waals surface area contributed by atoms with Crippen LogP contribution in [0.15, 0.2) is 18.2 Å². The second-order valence-corrected chi connectivity index (χ2v) is 7.30. The van der Waals surface area contributed by atoms with Gasteiger partial charge in [-0.3, -0.25) is 0 Å². The number of hydrogen-bond acceptors (Lipinski definition) is 1. The first-order valence-electron chi connectivity index (χ1n) is 4.82. The molecular weight excluding hydrogens is 223 g/mol. The zero-order chi connectivity index (χ0) is 9.26. The first-order chi connectivity index (χ1) is 6.25. The van der Waals surface area contributed by atoms with Gasteiger partial charge < -0.3 is 0 Å². The van der Waals surface area contributed by atoms with Gasteiger partial charge in [0.2, 0.25) is 0 Å². The summed E-state index contributed by atoms with van der Waals surface area (Å²) in [6, 6.07) is 6.19. The topological polar surface area (TPSA) is 20.2 Å². The average molecular weight is 238 g/mol. The van der Waals surface area contributed by atoms with E-state index in [9.17, 15) is 5.11 Å². The molecule has 1 aromatic rings. The van der Waals surface area contributed by atoms with Crippen LogP contribution in [0, 0.1) is 6.92 Å². The standard InChI is InChI=1S/C11H15AsO/c1-8-5-6-10(7-11(8)13)12-9-3-2-4-9/h5-7,9,12-13H,2-4H2,1H3. The summed E-state index contributed by atoms with van der Waals surface area (Å²) in [7, 11) is 0. The molecule has 1 unspecified atom stereocenters. The fourth-order valence-corrected chi connectivity index (χ4v) is 4.78. The Morgan fingerprint density at radius 1 is 1.38 bits per heavy atom. The third-order valence-electron chi connectivity index (χ3n) is 2.69. The van der Waals surface area contributed by atoms with Crippen LogP contribution >= 0.6 is 0 Å². The summed E-state index contributed by atoms with van der Waals surface area (Å²) in [6.07, 6.45) is 4.27. The van der Waals surface area contributed by atoms with Crippen LogP contribution in [0.5, 0.6) is 5.75 Å². The van der Waals surface area contributed by atoms with Gasteiger partial charge >= 0.3 is 85.6 Å². The Kier molecular flexibility index (Phi) is 2.64. The van der Waals surface area contributed by atoms with Crippen LogP contribution in [0.3, 0.4) is 0 Å². The Hall–Kier alpha value is -0.422. The molecule has 0 radical (unpaired) electrons. The van der Waals surface area contributed by atoms with Gasteiger partial charge in [0.25, 0.3) is 0 Å². The molecule has 13 heavy (non-hydrogen) atoms. The second kappa shape index (κ2) is 3.75. The summed E-state index contributed by atoms with van der Waals surface area (Å²) in [5.74, 6) is 0.473. The van der Waals surface area contributed by atoms with E-state index in [0.29, 0.717) is 5.75 Å². The quantitative estimate of drug-likeness (QED) is 0.778. The summed E-state index contributed by atoms with van der Waals surface area (Å²) in [4.78, 5) is 0. The van der Waals surface area contributed by atoms with Gasteiger partial charge in [-0.15, -0.1) is 0 Å². The number of phenolic OH excluding ortho intramolecular Hbond substituents is 1. The van der Waals surface area contributed by atoms with Crippen molar-refractivity contribution in [1.82, 2.24) is 0 Å². The van der Waals surface area contributed by atoms with Crippen molar-refractivity contribution in [2.45, 2.75) is 30.9 Å². The maximum absolute atomic E-state index is 9.52. The van der Waals surface area contributed by atoms with Crippen molar-refractivity contribution in [2.75, 3.05) is 0 Å². The summed E-state index contributed by atoms with van der Waals surface area (Å²) in [6.45, 7) is 1.95. The molecule has 1 fully saturated rings. The predicted molar refractivity (Wildman–Crippen MR) is 57.2 cm³/mol. The minimum atomic E-state index is 0.0268. The SMILES string of the molecule is Cc1ccc([AsH]C2CCC2)cc1O. The number of phenols is 1. The van der Waals surface area contributed by atoms with E-state index in [1.807, 2.05) is 19.1 Å². The molecule has 1 saturated carbocycles. The van der Waals surface area contributed by atoms with Gasteiger partial charge in [-0.25, -0.2) is 0 Å². The molecule has 0 aromatic heterocycles. The van der Waals surface area contributed by atoms with Crippen molar-refractivity contribution in [1.29, 1.82) is 0 Å².